The zero-order valence-electron chi connectivity index (χ0n) is 6.88. The molecule has 0 aliphatic carbocycles. The number of rotatable bonds is 4. The first kappa shape index (κ1) is 8.94. The van der Waals surface area contributed by atoms with E-state index in [0.717, 1.165) is 12.8 Å². The maximum atomic E-state index is 5.39. The molecule has 1 aliphatic rings. The first-order chi connectivity index (χ1) is 5.29. The average molecular weight is 172 g/mol. The second kappa shape index (κ2) is 4.67. The van der Waals surface area contributed by atoms with Gasteiger partial charge in [0, 0.05) is 0 Å². The summed E-state index contributed by atoms with van der Waals surface area (Å²) in [5.74, 6) is 0. The van der Waals surface area contributed by atoms with E-state index in [2.05, 4.69) is 4.90 Å². The lowest BCUT2D eigenvalue weighted by atomic mass is 10.3. The van der Waals surface area contributed by atoms with Gasteiger partial charge in [-0.15, -0.1) is 0 Å². The van der Waals surface area contributed by atoms with Crippen molar-refractivity contribution in [2.24, 2.45) is 5.73 Å². The van der Waals surface area contributed by atoms with Gasteiger partial charge in [0.25, 0.3) is 0 Å². The smallest absolute Gasteiger partial charge is 0.0727 e. The Labute approximate surface area is 73.7 Å². The van der Waals surface area contributed by atoms with Crippen molar-refractivity contribution in [2.75, 3.05) is 19.6 Å². The molecular weight excluding hydrogens is 156 g/mol. The Hall–Kier alpha value is -0.150. The summed E-state index contributed by atoms with van der Waals surface area (Å²) in [5.41, 5.74) is 5.39. The van der Waals surface area contributed by atoms with E-state index < -0.39 is 0 Å². The van der Waals surface area contributed by atoms with Crippen molar-refractivity contribution in [1.29, 1.82) is 0 Å². The first-order valence-electron chi connectivity index (χ1n) is 4.30. The van der Waals surface area contributed by atoms with Crippen molar-refractivity contribution in [3.05, 3.63) is 0 Å². The van der Waals surface area contributed by atoms with Crippen LogP contribution in [-0.2, 0) is 0 Å². The molecule has 1 aliphatic heterocycles. The topological polar surface area (TPSA) is 29.3 Å². The minimum Gasteiger partial charge on any atom is -0.393 e. The molecule has 0 bridgehead atoms. The third kappa shape index (κ3) is 3.68. The second-order valence-corrected chi connectivity index (χ2v) is 3.64. The quantitative estimate of drug-likeness (QED) is 0.645. The van der Waals surface area contributed by atoms with Crippen LogP contribution in [0.3, 0.4) is 0 Å². The van der Waals surface area contributed by atoms with Crippen LogP contribution >= 0.6 is 12.2 Å². The van der Waals surface area contributed by atoms with Crippen molar-refractivity contribution in [3.8, 4) is 0 Å². The van der Waals surface area contributed by atoms with Crippen LogP contribution in [0.4, 0.5) is 0 Å². The predicted octanol–water partition coefficient (Wildman–Crippen LogP) is 1.15. The van der Waals surface area contributed by atoms with Gasteiger partial charge in [0.15, 0.2) is 0 Å². The summed E-state index contributed by atoms with van der Waals surface area (Å²) in [6.45, 7) is 3.73. The van der Waals surface area contributed by atoms with Crippen LogP contribution in [0.1, 0.15) is 25.7 Å². The molecule has 0 spiro atoms. The maximum Gasteiger partial charge on any atom is 0.0727 e. The highest BCUT2D eigenvalue weighted by Crippen LogP contribution is 2.07. The van der Waals surface area contributed by atoms with Crippen LogP contribution in [0.25, 0.3) is 0 Å². The van der Waals surface area contributed by atoms with E-state index >= 15 is 0 Å². The van der Waals surface area contributed by atoms with Crippen LogP contribution in [0.5, 0.6) is 0 Å². The molecular formula is C8H16N2S. The van der Waals surface area contributed by atoms with Crippen molar-refractivity contribution in [3.63, 3.8) is 0 Å². The Balaban J connectivity index is 1.98. The SMILES string of the molecule is NC(=S)CCCN1CCCC1. The zero-order valence-corrected chi connectivity index (χ0v) is 7.70. The lowest BCUT2D eigenvalue weighted by molar-refractivity contribution is 0.336. The van der Waals surface area contributed by atoms with Gasteiger partial charge in [0.2, 0.25) is 0 Å². The van der Waals surface area contributed by atoms with E-state index in [0.29, 0.717) is 4.99 Å². The summed E-state index contributed by atoms with van der Waals surface area (Å²) in [5, 5.41) is 0. The molecule has 3 heteroatoms. The predicted molar refractivity (Wildman–Crippen MR) is 51.7 cm³/mol. The van der Waals surface area contributed by atoms with Gasteiger partial charge in [-0.2, -0.15) is 0 Å². The van der Waals surface area contributed by atoms with Crippen LogP contribution < -0.4 is 5.73 Å². The van der Waals surface area contributed by atoms with Gasteiger partial charge in [-0.25, -0.2) is 0 Å². The highest BCUT2D eigenvalue weighted by Gasteiger charge is 2.09. The Bertz CT molecular complexity index is 130. The fraction of sp³-hybridized carbons (Fsp3) is 0.875. The zero-order chi connectivity index (χ0) is 8.10. The summed E-state index contributed by atoms with van der Waals surface area (Å²) in [7, 11) is 0. The highest BCUT2D eigenvalue weighted by molar-refractivity contribution is 7.80. The molecule has 64 valence electrons. The molecule has 0 aromatic rings. The van der Waals surface area contributed by atoms with Gasteiger partial charge in [0.05, 0.1) is 4.99 Å². The van der Waals surface area contributed by atoms with Crippen molar-refractivity contribution in [2.45, 2.75) is 25.7 Å². The Morgan fingerprint density at radius 2 is 2.00 bits per heavy atom. The van der Waals surface area contributed by atoms with Crippen molar-refractivity contribution >= 4 is 17.2 Å². The van der Waals surface area contributed by atoms with Gasteiger partial charge in [-0.05, 0) is 45.3 Å². The third-order valence-electron chi connectivity index (χ3n) is 2.10. The summed E-state index contributed by atoms with van der Waals surface area (Å²) in [6, 6.07) is 0. The average Bonchev–Trinajstić information content (AvgIpc) is 2.39. The molecule has 1 fully saturated rings. The molecule has 0 aromatic carbocycles. The molecule has 0 aromatic heterocycles. The molecule has 2 N–H and O–H groups in total. The monoisotopic (exact) mass is 172 g/mol. The standard InChI is InChI=1S/C8H16N2S/c9-8(11)4-3-7-10-5-1-2-6-10/h1-7H2,(H2,9,11). The number of nitrogens with two attached hydrogens (primary N) is 1. The second-order valence-electron chi connectivity index (χ2n) is 3.12. The van der Waals surface area contributed by atoms with E-state index in [-0.39, 0.29) is 0 Å². The largest absolute Gasteiger partial charge is 0.393 e. The third-order valence-corrected chi connectivity index (χ3v) is 2.30. The van der Waals surface area contributed by atoms with Crippen LogP contribution in [0.15, 0.2) is 0 Å². The molecule has 0 radical (unpaired) electrons. The van der Waals surface area contributed by atoms with E-state index in [1.165, 1.54) is 32.5 Å². The van der Waals surface area contributed by atoms with Crippen molar-refractivity contribution in [1.82, 2.24) is 4.90 Å². The molecule has 1 saturated heterocycles. The van der Waals surface area contributed by atoms with Crippen LogP contribution in [-0.4, -0.2) is 29.5 Å². The van der Waals surface area contributed by atoms with E-state index in [9.17, 15) is 0 Å². The van der Waals surface area contributed by atoms with Crippen LogP contribution in [0.2, 0.25) is 0 Å². The Kier molecular flexibility index (Phi) is 3.80. The van der Waals surface area contributed by atoms with Crippen molar-refractivity contribution < 1.29 is 0 Å². The lowest BCUT2D eigenvalue weighted by Gasteiger charge is -2.13. The van der Waals surface area contributed by atoms with Gasteiger partial charge in [0.1, 0.15) is 0 Å². The Morgan fingerprint density at radius 1 is 1.36 bits per heavy atom. The maximum absolute atomic E-state index is 5.39. The van der Waals surface area contributed by atoms with Gasteiger partial charge >= 0.3 is 0 Å². The summed E-state index contributed by atoms with van der Waals surface area (Å²) in [4.78, 5) is 3.14. The number of thiocarbonyl (C=S) groups is 1. The molecule has 0 saturated carbocycles. The number of likely N-dealkylation sites (tertiary alicyclic amines) is 1. The molecule has 0 amide bonds. The number of hydrogen-bond acceptors (Lipinski definition) is 2. The number of nitrogens with zero attached hydrogens (tertiary/aromatic N) is 1. The molecule has 0 atom stereocenters. The summed E-state index contributed by atoms with van der Waals surface area (Å²) < 4.78 is 0. The van der Waals surface area contributed by atoms with Gasteiger partial charge in [-0.3, -0.25) is 0 Å². The van der Waals surface area contributed by atoms with Gasteiger partial charge < -0.3 is 10.6 Å². The molecule has 1 rings (SSSR count). The summed E-state index contributed by atoms with van der Waals surface area (Å²) in [6.07, 6.45) is 4.78. The Morgan fingerprint density at radius 3 is 2.55 bits per heavy atom. The minimum absolute atomic E-state index is 0.657. The van der Waals surface area contributed by atoms with Gasteiger partial charge in [-0.1, -0.05) is 12.2 Å². The van der Waals surface area contributed by atoms with E-state index in [1.807, 2.05) is 0 Å². The van der Waals surface area contributed by atoms with E-state index in [1.54, 1.807) is 0 Å². The lowest BCUT2D eigenvalue weighted by Crippen LogP contribution is -2.21. The van der Waals surface area contributed by atoms with Crippen LogP contribution in [0, 0.1) is 0 Å². The molecule has 0 unspecified atom stereocenters. The fourth-order valence-corrected chi connectivity index (χ4v) is 1.63. The molecule has 2 nitrogen and oxygen atoms in total. The summed E-state index contributed by atoms with van der Waals surface area (Å²) >= 11 is 4.79. The normalized spacial score (nSPS) is 18.9. The first-order valence-corrected chi connectivity index (χ1v) is 4.70. The molecule has 11 heavy (non-hydrogen) atoms. The minimum atomic E-state index is 0.657. The van der Waals surface area contributed by atoms with E-state index in [4.69, 9.17) is 18.0 Å². The highest BCUT2D eigenvalue weighted by atomic mass is 32.1. The number of hydrogen-bond donors (Lipinski definition) is 1. The molecule has 1 heterocycles. The fourth-order valence-electron chi connectivity index (χ4n) is 1.48.